The van der Waals surface area contributed by atoms with Gasteiger partial charge in [0.2, 0.25) is 18.9 Å². The van der Waals surface area contributed by atoms with Gasteiger partial charge in [0, 0.05) is 0 Å². The number of carbonyl (C=O) groups is 1. The molecule has 56 heavy (non-hydrogen) atoms. The lowest BCUT2D eigenvalue weighted by atomic mass is 9.45. The summed E-state index contributed by atoms with van der Waals surface area (Å²) in [5.41, 5.74) is -1.86. The van der Waals surface area contributed by atoms with Crippen molar-refractivity contribution in [3.8, 4) is 0 Å². The third-order valence-electron chi connectivity index (χ3n) is 13.7. The van der Waals surface area contributed by atoms with Gasteiger partial charge in [-0.1, -0.05) is 19.9 Å². The van der Waals surface area contributed by atoms with Gasteiger partial charge in [-0.05, 0) is 94.5 Å². The molecular formula is C38H64O18. The summed E-state index contributed by atoms with van der Waals surface area (Å²) in [7, 11) is 0. The Hall–Kier alpha value is -1.43. The lowest BCUT2D eigenvalue weighted by Gasteiger charge is -2.59. The number of ether oxygens (including phenoxy) is 6. The highest BCUT2D eigenvalue weighted by Crippen LogP contribution is 2.64. The minimum Gasteiger partial charge on any atom is -0.432 e. The van der Waals surface area contributed by atoms with Crippen LogP contribution in [0, 0.1) is 28.6 Å². The van der Waals surface area contributed by atoms with Crippen LogP contribution in [0.1, 0.15) is 79.1 Å². The predicted molar refractivity (Wildman–Crippen MR) is 190 cm³/mol. The summed E-state index contributed by atoms with van der Waals surface area (Å²) in [6, 6.07) is 0. The lowest BCUT2D eigenvalue weighted by Crippen LogP contribution is -2.61. The van der Waals surface area contributed by atoms with Crippen LogP contribution >= 0.6 is 0 Å². The van der Waals surface area contributed by atoms with E-state index in [1.807, 2.05) is 6.92 Å². The second-order valence-corrected chi connectivity index (χ2v) is 17.3. The first-order valence-electron chi connectivity index (χ1n) is 19.7. The zero-order valence-electron chi connectivity index (χ0n) is 32.6. The van der Waals surface area contributed by atoms with Gasteiger partial charge in [0.25, 0.3) is 0 Å². The summed E-state index contributed by atoms with van der Waals surface area (Å²) in [6.07, 6.45) is -17.5. The Morgan fingerprint density at radius 1 is 0.821 bits per heavy atom. The van der Waals surface area contributed by atoms with Crippen LogP contribution in [0.3, 0.4) is 0 Å². The Labute approximate surface area is 326 Å². The van der Waals surface area contributed by atoms with E-state index >= 15 is 0 Å². The molecule has 0 bridgehead atoms. The zero-order valence-corrected chi connectivity index (χ0v) is 32.6. The van der Waals surface area contributed by atoms with Crippen molar-refractivity contribution in [3.63, 3.8) is 0 Å². The number of esters is 1. The molecule has 3 aliphatic carbocycles. The van der Waals surface area contributed by atoms with Crippen molar-refractivity contribution in [2.75, 3.05) is 19.8 Å². The highest BCUT2D eigenvalue weighted by atomic mass is 16.8. The quantitative estimate of drug-likeness (QED) is 0.0540. The van der Waals surface area contributed by atoms with Crippen LogP contribution in [-0.2, 0) is 33.2 Å². The van der Waals surface area contributed by atoms with Crippen LogP contribution in [0.5, 0.6) is 0 Å². The van der Waals surface area contributed by atoms with E-state index in [1.165, 1.54) is 6.92 Å². The summed E-state index contributed by atoms with van der Waals surface area (Å²) in [5.74, 6) is -0.551. The molecule has 3 saturated carbocycles. The van der Waals surface area contributed by atoms with Gasteiger partial charge in [-0.2, -0.15) is 0 Å². The van der Waals surface area contributed by atoms with Crippen LogP contribution in [0.4, 0.5) is 0 Å². The smallest absolute Gasteiger partial charge is 0.314 e. The maximum atomic E-state index is 14.1. The molecule has 18 heteroatoms. The molecule has 0 aromatic rings. The Bertz CT molecular complexity index is 1330. The maximum absolute atomic E-state index is 14.1. The maximum Gasteiger partial charge on any atom is 0.314 e. The molecule has 0 radical (unpaired) electrons. The standard InChI is InChI=1S/C38H64O18/c1-17-13-19-7-8-24-36(3,10-6-11-37(24,4)35(50)55-33-30(48)28(46)26(44)23(16-41)53-33)20(19)9-12-38(17,5)56-34(51-21(14-39)18(2)42)31(49)54-32-29(47)27(45)25(43)22(15-40)52-32/h18-34,39-49H,1,6-16H2,2-5H3/t18?,19?,20-,21?,22?,23?,24?,25?,26?,27?,28?,29?,30?,31?,32?,33?,34?,36+,37-,38?/m1/s1. The number of aliphatic hydroxyl groups is 11. The Balaban J connectivity index is 1.34. The van der Waals surface area contributed by atoms with E-state index in [1.54, 1.807) is 6.92 Å². The molecule has 0 aromatic carbocycles. The molecule has 2 saturated heterocycles. The highest BCUT2D eigenvalue weighted by molar-refractivity contribution is 5.77. The van der Waals surface area contributed by atoms with E-state index in [0.29, 0.717) is 44.1 Å². The van der Waals surface area contributed by atoms with E-state index < -0.39 is 123 Å². The first kappa shape index (κ1) is 45.7. The van der Waals surface area contributed by atoms with Crippen molar-refractivity contribution in [3.05, 3.63) is 12.2 Å². The van der Waals surface area contributed by atoms with Crippen LogP contribution in [0.2, 0.25) is 0 Å². The van der Waals surface area contributed by atoms with Crippen LogP contribution in [0.25, 0.3) is 0 Å². The monoisotopic (exact) mass is 808 g/mol. The van der Waals surface area contributed by atoms with Crippen molar-refractivity contribution in [2.24, 2.45) is 28.6 Å². The second kappa shape index (κ2) is 18.0. The fourth-order valence-electron chi connectivity index (χ4n) is 10.1. The van der Waals surface area contributed by atoms with Gasteiger partial charge in [0.15, 0.2) is 6.29 Å². The summed E-state index contributed by atoms with van der Waals surface area (Å²) < 4.78 is 34.6. The molecule has 0 aromatic heterocycles. The number of hydrogen-bond donors (Lipinski definition) is 11. The highest BCUT2D eigenvalue weighted by Gasteiger charge is 2.61. The molecule has 18 nitrogen and oxygen atoms in total. The van der Waals surface area contributed by atoms with E-state index in [9.17, 15) is 61.0 Å². The van der Waals surface area contributed by atoms with Gasteiger partial charge in [-0.15, -0.1) is 0 Å². The van der Waals surface area contributed by atoms with Crippen LogP contribution < -0.4 is 0 Å². The Morgan fingerprint density at radius 2 is 1.41 bits per heavy atom. The normalized spacial score (nSPS) is 46.8. The molecule has 11 N–H and O–H groups in total. The van der Waals surface area contributed by atoms with Crippen molar-refractivity contribution in [1.82, 2.24) is 0 Å². The van der Waals surface area contributed by atoms with E-state index in [2.05, 4.69) is 13.5 Å². The number of fused-ring (bicyclic) bond motifs is 3. The average Bonchev–Trinajstić information content (AvgIpc) is 3.28. The Morgan fingerprint density at radius 3 is 1.98 bits per heavy atom. The molecule has 2 aliphatic heterocycles. The van der Waals surface area contributed by atoms with Gasteiger partial charge < -0.3 is 84.6 Å². The first-order chi connectivity index (χ1) is 26.3. The largest absolute Gasteiger partial charge is 0.432 e. The Kier molecular flexibility index (Phi) is 14.7. The van der Waals surface area contributed by atoms with Crippen LogP contribution in [0.15, 0.2) is 12.2 Å². The summed E-state index contributed by atoms with van der Waals surface area (Å²) in [4.78, 5) is 14.1. The van der Waals surface area contributed by atoms with Crippen molar-refractivity contribution in [1.29, 1.82) is 0 Å². The number of aliphatic hydroxyl groups excluding tert-OH is 11. The van der Waals surface area contributed by atoms with Gasteiger partial charge >= 0.3 is 5.97 Å². The summed E-state index contributed by atoms with van der Waals surface area (Å²) in [5, 5.41) is 113. The summed E-state index contributed by atoms with van der Waals surface area (Å²) >= 11 is 0. The minimum absolute atomic E-state index is 0.0698. The van der Waals surface area contributed by atoms with Gasteiger partial charge in [-0.3, -0.25) is 4.79 Å². The number of hydrogen-bond acceptors (Lipinski definition) is 18. The fourth-order valence-corrected chi connectivity index (χ4v) is 10.1. The molecule has 5 fully saturated rings. The fraction of sp³-hybridized carbons (Fsp3) is 0.921. The lowest BCUT2D eigenvalue weighted by molar-refractivity contribution is -0.377. The SMILES string of the molecule is C=C1CC2CCC3[C@](C)(C(=O)OC4OC(CO)C(O)C(O)C4O)CCC[C@@]3(C)[C@@H]2CCC1(C)OC(OC(CO)C(C)O)C(O)OC1OC(CO)C(O)C(O)C1O. The van der Waals surface area contributed by atoms with Crippen LogP contribution in [-0.4, -0.2) is 174 Å². The molecule has 5 aliphatic rings. The number of rotatable bonds is 13. The summed E-state index contributed by atoms with van der Waals surface area (Å²) in [6.45, 7) is 9.51. The van der Waals surface area contributed by atoms with Gasteiger partial charge in [0.1, 0.15) is 54.9 Å². The zero-order chi connectivity index (χ0) is 41.5. The number of carbonyl (C=O) groups excluding carboxylic acids is 1. The molecule has 324 valence electrons. The molecule has 17 unspecified atom stereocenters. The van der Waals surface area contributed by atoms with Gasteiger partial charge in [0.05, 0.1) is 36.9 Å². The first-order valence-corrected chi connectivity index (χ1v) is 19.7. The molecular weight excluding hydrogens is 744 g/mol. The topological polar surface area (TPSA) is 295 Å². The molecule has 0 spiro atoms. The molecule has 2 heterocycles. The minimum atomic E-state index is -2.05. The van der Waals surface area contributed by atoms with Crippen molar-refractivity contribution >= 4 is 5.97 Å². The molecule has 5 rings (SSSR count). The predicted octanol–water partition coefficient (Wildman–Crippen LogP) is -2.10. The van der Waals surface area contributed by atoms with E-state index in [4.69, 9.17) is 28.4 Å². The second-order valence-electron chi connectivity index (χ2n) is 17.3. The molecule has 0 amide bonds. The van der Waals surface area contributed by atoms with E-state index in [0.717, 1.165) is 12.8 Å². The van der Waals surface area contributed by atoms with Crippen molar-refractivity contribution in [2.45, 2.75) is 171 Å². The third kappa shape index (κ3) is 8.73. The van der Waals surface area contributed by atoms with Crippen molar-refractivity contribution < 1.29 is 89.4 Å². The van der Waals surface area contributed by atoms with E-state index in [-0.39, 0.29) is 23.2 Å². The average molecular weight is 809 g/mol. The van der Waals surface area contributed by atoms with Gasteiger partial charge in [-0.25, -0.2) is 0 Å². The third-order valence-corrected chi connectivity index (χ3v) is 13.7. The molecule has 20 atom stereocenters.